The highest BCUT2D eigenvalue weighted by Crippen LogP contribution is 2.34. The number of nitrogens with one attached hydrogen (secondary N) is 1. The van der Waals surface area contributed by atoms with Crippen molar-refractivity contribution in [1.29, 1.82) is 0 Å². The summed E-state index contributed by atoms with van der Waals surface area (Å²) in [6.07, 6.45) is 0.536. The molecular formula is C7H3Cl2N3OS. The Hall–Kier alpha value is -0.910. The van der Waals surface area contributed by atoms with Gasteiger partial charge < -0.3 is 5.32 Å². The van der Waals surface area contributed by atoms with E-state index < -0.39 is 0 Å². The summed E-state index contributed by atoms with van der Waals surface area (Å²) >= 11 is 12.8. The lowest BCUT2D eigenvalue weighted by Crippen LogP contribution is -1.95. The number of hydrogen-bond donors (Lipinski definition) is 1. The van der Waals surface area contributed by atoms with Crippen LogP contribution in [0.2, 0.25) is 10.0 Å². The Morgan fingerprint density at radius 1 is 1.29 bits per heavy atom. The van der Waals surface area contributed by atoms with Gasteiger partial charge in [-0.1, -0.05) is 23.2 Å². The molecule has 0 fully saturated rings. The third kappa shape index (κ3) is 1.43. The van der Waals surface area contributed by atoms with E-state index in [1.165, 1.54) is 6.07 Å². The molecule has 0 aliphatic carbocycles. The zero-order chi connectivity index (χ0) is 10.1. The highest BCUT2D eigenvalue weighted by Gasteiger charge is 2.12. The average Bonchev–Trinajstić information content (AvgIpc) is 2.60. The largest absolute Gasteiger partial charge is 0.326 e. The number of benzene rings is 1. The van der Waals surface area contributed by atoms with Gasteiger partial charge in [-0.25, -0.2) is 0 Å². The van der Waals surface area contributed by atoms with Crippen LogP contribution < -0.4 is 5.32 Å². The lowest BCUT2D eigenvalue weighted by atomic mass is 10.2. The fraction of sp³-hybridized carbons (Fsp3) is 0. The van der Waals surface area contributed by atoms with E-state index in [1.807, 2.05) is 0 Å². The van der Waals surface area contributed by atoms with E-state index >= 15 is 0 Å². The Labute approximate surface area is 93.2 Å². The fourth-order valence-corrected chi connectivity index (χ4v) is 2.24. The zero-order valence-electron chi connectivity index (χ0n) is 6.62. The lowest BCUT2D eigenvalue weighted by molar-refractivity contribution is -0.105. The first kappa shape index (κ1) is 9.64. The van der Waals surface area contributed by atoms with Crippen LogP contribution in [0.15, 0.2) is 6.07 Å². The quantitative estimate of drug-likeness (QED) is 0.831. The van der Waals surface area contributed by atoms with Gasteiger partial charge >= 0.3 is 0 Å². The van der Waals surface area contributed by atoms with Crippen molar-refractivity contribution in [2.75, 3.05) is 5.32 Å². The molecule has 72 valence electrons. The van der Waals surface area contributed by atoms with E-state index in [-0.39, 0.29) is 0 Å². The lowest BCUT2D eigenvalue weighted by Gasteiger charge is -2.02. The fourth-order valence-electron chi connectivity index (χ4n) is 1.07. The summed E-state index contributed by atoms with van der Waals surface area (Å²) < 4.78 is 7.99. The number of rotatable bonds is 2. The van der Waals surface area contributed by atoms with E-state index in [9.17, 15) is 4.79 Å². The van der Waals surface area contributed by atoms with Crippen molar-refractivity contribution in [2.24, 2.45) is 0 Å². The maximum atomic E-state index is 10.3. The highest BCUT2D eigenvalue weighted by molar-refractivity contribution is 7.00. The van der Waals surface area contributed by atoms with Gasteiger partial charge in [-0.05, 0) is 6.07 Å². The maximum absolute atomic E-state index is 10.3. The standard InChI is InChI=1S/C7H3Cl2N3OS/c8-3-1-4(9)6-7(12-14-11-6)5(3)10-2-13/h1-2H,(H,10,13). The molecule has 7 heteroatoms. The van der Waals surface area contributed by atoms with Crippen molar-refractivity contribution in [2.45, 2.75) is 0 Å². The molecule has 0 atom stereocenters. The molecule has 4 nitrogen and oxygen atoms in total. The van der Waals surface area contributed by atoms with Crippen LogP contribution in [0, 0.1) is 0 Å². The van der Waals surface area contributed by atoms with Gasteiger partial charge in [-0.3, -0.25) is 4.79 Å². The molecule has 0 bridgehead atoms. The second kappa shape index (κ2) is 3.68. The van der Waals surface area contributed by atoms with Gasteiger partial charge in [0.05, 0.1) is 27.5 Å². The van der Waals surface area contributed by atoms with Gasteiger partial charge in [-0.15, -0.1) is 0 Å². The molecule has 1 N–H and O–H groups in total. The highest BCUT2D eigenvalue weighted by atomic mass is 35.5. The maximum Gasteiger partial charge on any atom is 0.211 e. The molecule has 14 heavy (non-hydrogen) atoms. The van der Waals surface area contributed by atoms with Crippen LogP contribution in [0.25, 0.3) is 11.0 Å². The summed E-state index contributed by atoms with van der Waals surface area (Å²) in [6, 6.07) is 1.53. The van der Waals surface area contributed by atoms with Crippen LogP contribution in [-0.4, -0.2) is 15.2 Å². The van der Waals surface area contributed by atoms with Crippen LogP contribution in [0.5, 0.6) is 0 Å². The van der Waals surface area contributed by atoms with Crippen molar-refractivity contribution in [3.05, 3.63) is 16.1 Å². The number of halogens is 2. The summed E-state index contributed by atoms with van der Waals surface area (Å²) in [5.41, 5.74) is 1.50. The summed E-state index contributed by atoms with van der Waals surface area (Å²) in [7, 11) is 0. The average molecular weight is 248 g/mol. The molecule has 0 radical (unpaired) electrons. The predicted octanol–water partition coefficient (Wildman–Crippen LogP) is 2.57. The summed E-state index contributed by atoms with van der Waals surface area (Å²) in [5.74, 6) is 0. The molecule has 1 aromatic carbocycles. The van der Waals surface area contributed by atoms with E-state index in [0.29, 0.717) is 33.2 Å². The smallest absolute Gasteiger partial charge is 0.211 e. The Morgan fingerprint density at radius 3 is 2.71 bits per heavy atom. The van der Waals surface area contributed by atoms with Crippen molar-refractivity contribution < 1.29 is 4.79 Å². The second-order valence-corrected chi connectivity index (χ2v) is 3.78. The molecule has 2 aromatic rings. The third-order valence-corrected chi connectivity index (χ3v) is 2.76. The molecule has 1 heterocycles. The minimum Gasteiger partial charge on any atom is -0.326 e. The van der Waals surface area contributed by atoms with Gasteiger partial charge in [-0.2, -0.15) is 8.75 Å². The van der Waals surface area contributed by atoms with Gasteiger partial charge in [0.25, 0.3) is 0 Å². The molecule has 1 aromatic heterocycles. The Kier molecular flexibility index (Phi) is 2.54. The Morgan fingerprint density at radius 2 is 2.00 bits per heavy atom. The number of aromatic nitrogens is 2. The monoisotopic (exact) mass is 247 g/mol. The minimum atomic E-state index is 0.349. The Bertz CT molecular complexity index is 499. The van der Waals surface area contributed by atoms with Crippen LogP contribution >= 0.6 is 34.9 Å². The SMILES string of the molecule is O=CNc1c(Cl)cc(Cl)c2nsnc12. The van der Waals surface area contributed by atoms with Crippen molar-refractivity contribution in [3.63, 3.8) is 0 Å². The van der Waals surface area contributed by atoms with E-state index in [1.54, 1.807) is 0 Å². The molecule has 2 rings (SSSR count). The number of anilines is 1. The number of fused-ring (bicyclic) bond motifs is 1. The van der Waals surface area contributed by atoms with Crippen molar-refractivity contribution in [3.8, 4) is 0 Å². The van der Waals surface area contributed by atoms with Crippen molar-refractivity contribution >= 4 is 58.1 Å². The number of carbonyl (C=O) groups is 1. The molecule has 0 saturated carbocycles. The molecule has 0 aliphatic heterocycles. The minimum absolute atomic E-state index is 0.349. The molecule has 0 saturated heterocycles. The third-order valence-electron chi connectivity index (χ3n) is 1.65. The van der Waals surface area contributed by atoms with E-state index in [4.69, 9.17) is 23.2 Å². The number of nitrogens with zero attached hydrogens (tertiary/aromatic N) is 2. The second-order valence-electron chi connectivity index (χ2n) is 2.44. The summed E-state index contributed by atoms with van der Waals surface area (Å²) in [6.45, 7) is 0. The van der Waals surface area contributed by atoms with Gasteiger partial charge in [0.15, 0.2) is 0 Å². The van der Waals surface area contributed by atoms with Crippen molar-refractivity contribution in [1.82, 2.24) is 8.75 Å². The topological polar surface area (TPSA) is 54.9 Å². The van der Waals surface area contributed by atoms with Crippen LogP contribution in [-0.2, 0) is 4.79 Å². The van der Waals surface area contributed by atoms with E-state index in [0.717, 1.165) is 11.7 Å². The van der Waals surface area contributed by atoms with Gasteiger partial charge in [0.2, 0.25) is 6.41 Å². The van der Waals surface area contributed by atoms with Crippen LogP contribution in [0.4, 0.5) is 5.69 Å². The summed E-state index contributed by atoms with van der Waals surface area (Å²) in [5, 5.41) is 3.24. The number of amides is 1. The molecular weight excluding hydrogens is 245 g/mol. The van der Waals surface area contributed by atoms with Gasteiger partial charge in [0.1, 0.15) is 11.0 Å². The first-order valence-electron chi connectivity index (χ1n) is 3.54. The molecule has 0 aliphatic rings. The first-order valence-corrected chi connectivity index (χ1v) is 5.03. The molecule has 1 amide bonds. The molecule has 0 spiro atoms. The summed E-state index contributed by atoms with van der Waals surface area (Å²) in [4.78, 5) is 10.3. The number of carbonyl (C=O) groups excluding carboxylic acids is 1. The van der Waals surface area contributed by atoms with E-state index in [2.05, 4.69) is 14.1 Å². The number of hydrogen-bond acceptors (Lipinski definition) is 4. The zero-order valence-corrected chi connectivity index (χ0v) is 8.95. The molecule has 0 unspecified atom stereocenters. The normalized spacial score (nSPS) is 10.4. The van der Waals surface area contributed by atoms with Gasteiger partial charge in [0, 0.05) is 0 Å². The first-order chi connectivity index (χ1) is 6.74. The Balaban J connectivity index is 2.79. The van der Waals surface area contributed by atoms with Crippen LogP contribution in [0.1, 0.15) is 0 Å². The predicted molar refractivity (Wildman–Crippen MR) is 57.1 cm³/mol. The van der Waals surface area contributed by atoms with Crippen LogP contribution in [0.3, 0.4) is 0 Å².